The smallest absolute Gasteiger partial charge is 0.229 e. The van der Waals surface area contributed by atoms with E-state index in [-0.39, 0.29) is 42.1 Å². The molecule has 8 atom stereocenters. The lowest BCUT2D eigenvalue weighted by Gasteiger charge is -2.24. The van der Waals surface area contributed by atoms with E-state index in [1.54, 1.807) is 13.3 Å². The number of carbonyl (C=O) groups is 1. The van der Waals surface area contributed by atoms with Crippen molar-refractivity contribution in [2.24, 2.45) is 11.8 Å². The monoisotopic (exact) mass is 1050 g/mol. The van der Waals surface area contributed by atoms with Gasteiger partial charge in [0.25, 0.3) is 0 Å². The highest BCUT2D eigenvalue weighted by molar-refractivity contribution is 6.34. The first-order chi connectivity index (χ1) is 36.3. The highest BCUT2D eigenvalue weighted by Crippen LogP contribution is 2.49. The first kappa shape index (κ1) is 50.2. The van der Waals surface area contributed by atoms with Gasteiger partial charge in [0, 0.05) is 49.0 Å². The number of hydrogen-bond acceptors (Lipinski definition) is 15. The number of aliphatic hydroxyl groups is 2. The maximum atomic E-state index is 11.3. The van der Waals surface area contributed by atoms with Gasteiger partial charge in [0.1, 0.15) is 52.2 Å². The van der Waals surface area contributed by atoms with Crippen LogP contribution in [0.2, 0.25) is 10.3 Å². The topological polar surface area (TPSA) is 222 Å². The number of hydrogen-bond donors (Lipinski definition) is 4. The van der Waals surface area contributed by atoms with Crippen molar-refractivity contribution in [2.45, 2.75) is 108 Å². The van der Waals surface area contributed by atoms with Gasteiger partial charge >= 0.3 is 0 Å². The molecule has 0 bridgehead atoms. The Morgan fingerprint density at radius 3 is 1.85 bits per heavy atom. The molecule has 3 aliphatic rings. The number of aliphatic hydroxyl groups excluding tert-OH is 2. The van der Waals surface area contributed by atoms with Gasteiger partial charge in [-0.05, 0) is 117 Å². The van der Waals surface area contributed by atoms with Crippen LogP contribution in [0.3, 0.4) is 0 Å². The van der Waals surface area contributed by atoms with Crippen LogP contribution in [0.5, 0.6) is 5.75 Å². The van der Waals surface area contributed by atoms with E-state index in [1.165, 1.54) is 25.1 Å². The van der Waals surface area contributed by atoms with Gasteiger partial charge in [-0.15, -0.1) is 0 Å². The predicted molar refractivity (Wildman–Crippen MR) is 286 cm³/mol. The largest absolute Gasteiger partial charge is 0.497 e. The van der Waals surface area contributed by atoms with Crippen LogP contribution in [0.25, 0.3) is 43.9 Å². The fourth-order valence-electron chi connectivity index (χ4n) is 11.1. The Morgan fingerprint density at radius 2 is 1.24 bits per heavy atom. The van der Waals surface area contributed by atoms with Gasteiger partial charge in [-0.3, -0.25) is 10.1 Å². The van der Waals surface area contributed by atoms with E-state index in [2.05, 4.69) is 68.3 Å². The van der Waals surface area contributed by atoms with Crippen LogP contribution in [0.1, 0.15) is 75.2 Å². The molecule has 9 aromatic rings. The molecule has 4 N–H and O–H groups in total. The summed E-state index contributed by atoms with van der Waals surface area (Å²) >= 11 is 12.5. The first-order valence-electron chi connectivity index (χ1n) is 25.1. The average molecular weight is 1050 g/mol. The van der Waals surface area contributed by atoms with Gasteiger partial charge in [0.2, 0.25) is 17.8 Å². The quantitative estimate of drug-likeness (QED) is 0.0790. The fraction of sp³-hybridized carbons (Fsp3) is 0.364. The normalized spacial score (nSPS) is 22.9. The van der Waals surface area contributed by atoms with Gasteiger partial charge in [0.15, 0.2) is 5.79 Å². The zero-order valence-electron chi connectivity index (χ0n) is 41.7. The molecule has 1 amide bonds. The van der Waals surface area contributed by atoms with Gasteiger partial charge in [-0.2, -0.15) is 0 Å². The number of fused-ring (bicyclic) bond motifs is 5. The molecule has 75 heavy (non-hydrogen) atoms. The molecule has 2 saturated carbocycles. The van der Waals surface area contributed by atoms with Crippen molar-refractivity contribution in [3.05, 3.63) is 137 Å². The summed E-state index contributed by atoms with van der Waals surface area (Å²) < 4.78 is 22.2. The first-order valence-corrected chi connectivity index (χ1v) is 25.8. The molecule has 1 saturated heterocycles. The van der Waals surface area contributed by atoms with Crippen molar-refractivity contribution in [3.8, 4) is 5.75 Å². The van der Waals surface area contributed by atoms with Crippen molar-refractivity contribution in [2.75, 3.05) is 17.7 Å². The molecule has 2 aliphatic carbocycles. The Labute approximate surface area is 441 Å². The molecule has 0 spiro atoms. The molecule has 0 unspecified atom stereocenters. The minimum absolute atomic E-state index is 0.0105. The lowest BCUT2D eigenvalue weighted by molar-refractivity contribution is -0.160. The Bertz CT molecular complexity index is 3540. The second-order valence-corrected chi connectivity index (χ2v) is 20.8. The van der Waals surface area contributed by atoms with Gasteiger partial charge in [-0.25, -0.2) is 39.9 Å². The number of benzene rings is 3. The van der Waals surface area contributed by atoms with Crippen LogP contribution in [0, 0.1) is 11.8 Å². The van der Waals surface area contributed by atoms with E-state index < -0.39 is 18.0 Å². The molecule has 18 nitrogen and oxygen atoms in total. The third-order valence-electron chi connectivity index (χ3n) is 14.8. The third kappa shape index (κ3) is 10.5. The number of halogens is 2. The van der Waals surface area contributed by atoms with Crippen LogP contribution in [0.15, 0.2) is 110 Å². The summed E-state index contributed by atoms with van der Waals surface area (Å²) in [4.78, 5) is 46.1. The van der Waals surface area contributed by atoms with Gasteiger partial charge in [-0.1, -0.05) is 59.6 Å². The third-order valence-corrected chi connectivity index (χ3v) is 15.4. The maximum Gasteiger partial charge on any atom is 0.229 e. The lowest BCUT2D eigenvalue weighted by Crippen LogP contribution is -2.29. The molecular formula is C55H56Cl2N12O6. The number of carbonyl (C=O) groups excluding carboxylic acids is 1. The van der Waals surface area contributed by atoms with Crippen LogP contribution in [0.4, 0.5) is 11.9 Å². The van der Waals surface area contributed by atoms with Crippen LogP contribution < -0.4 is 15.4 Å². The number of anilines is 2. The van der Waals surface area contributed by atoms with Crippen molar-refractivity contribution >= 4 is 84.9 Å². The number of aryl methyl sites for hydroxylation is 2. The summed E-state index contributed by atoms with van der Waals surface area (Å²) in [5.74, 6) is 1.13. The molecule has 6 aromatic heterocycles. The fourth-order valence-corrected chi connectivity index (χ4v) is 11.5. The Balaban J connectivity index is 0.000000165. The molecule has 7 heterocycles. The van der Waals surface area contributed by atoms with E-state index in [0.29, 0.717) is 47.2 Å². The van der Waals surface area contributed by atoms with Crippen LogP contribution >= 0.6 is 23.2 Å². The second-order valence-electron chi connectivity index (χ2n) is 20.1. The highest BCUT2D eigenvalue weighted by atomic mass is 35.5. The van der Waals surface area contributed by atoms with Gasteiger partial charge in [0.05, 0.1) is 53.2 Å². The molecule has 0 radical (unpaired) electrons. The van der Waals surface area contributed by atoms with Crippen molar-refractivity contribution in [1.29, 1.82) is 0 Å². The SMILES string of the molecule is CC(=O)Nc1ncc2ccc(CC[C@H]3C[C@@H](n4ccc5c(Cl)ncnc54)[C@H](O)[C@@H]3O)cc2n1.COc1ccc(CNc2ncc3ccc(CC[C@H]4C[C@@H](n5ccc6c(Cl)ncnc65)[C@@H]5OC(C)(C)O[C@H]45)cc3n2)cc1. The summed E-state index contributed by atoms with van der Waals surface area (Å²) in [6, 6.07) is 24.0. The minimum Gasteiger partial charge on any atom is -0.497 e. The molecule has 3 aromatic carbocycles. The zero-order valence-corrected chi connectivity index (χ0v) is 43.2. The number of nitrogens with zero attached hydrogens (tertiary/aromatic N) is 10. The van der Waals surface area contributed by atoms with E-state index in [0.717, 1.165) is 80.8 Å². The number of rotatable bonds is 13. The highest BCUT2D eigenvalue weighted by Gasteiger charge is 2.54. The van der Waals surface area contributed by atoms with Crippen molar-refractivity contribution < 1.29 is 29.2 Å². The number of methoxy groups -OCH3 is 1. The van der Waals surface area contributed by atoms with E-state index in [4.69, 9.17) is 42.4 Å². The number of aromatic nitrogens is 10. The molecule has 386 valence electrons. The van der Waals surface area contributed by atoms with E-state index in [9.17, 15) is 15.0 Å². The maximum absolute atomic E-state index is 11.3. The average Bonchev–Trinajstić information content (AvgIpc) is 4.24. The summed E-state index contributed by atoms with van der Waals surface area (Å²) in [5, 5.41) is 31.8. The summed E-state index contributed by atoms with van der Waals surface area (Å²) in [6.07, 6.45) is 13.5. The zero-order chi connectivity index (χ0) is 52.0. The standard InChI is InChI=1S/C32H33ClN6O3.C23H23ClN6O3/c1-32(2)41-27-21(15-26(28(27)42-32)39-13-12-24-29(33)36-18-37-30(24)39)8-4-19-5-9-22-17-35-31(38-25(22)14-19)34-16-20-6-10-23(40-3)11-7-20;1-12(31)28-23-25-10-15-5-3-13(8-17(15)29-23)2-4-14-9-18(20(33)19(14)32)30-7-6-16-21(24)26-11-27-22(16)30/h5-7,9-14,17-18,21,26-28H,4,8,15-16H2,1-3H3,(H,34,35,38);3,5-8,10-11,14,18-20,32-33H,2,4,9H2,1H3,(H,25,28,29,31)/t21-,26+,27+,28-;14-,18+,19+,20-/m00/s1. The van der Waals surface area contributed by atoms with Crippen LogP contribution in [-0.4, -0.2) is 102 Å². The minimum atomic E-state index is -0.899. The Kier molecular flexibility index (Phi) is 14.1. The number of ether oxygens (including phenoxy) is 3. The van der Waals surface area contributed by atoms with Gasteiger partial charge < -0.3 is 38.9 Å². The molecular weight excluding hydrogens is 996 g/mol. The molecule has 12 rings (SSSR count). The molecule has 3 fully saturated rings. The van der Waals surface area contributed by atoms with E-state index in [1.807, 2.05) is 91.6 Å². The lowest BCUT2D eigenvalue weighted by atomic mass is 9.95. The second kappa shape index (κ2) is 21.0. The van der Waals surface area contributed by atoms with Crippen molar-refractivity contribution in [3.63, 3.8) is 0 Å². The van der Waals surface area contributed by atoms with E-state index >= 15 is 0 Å². The number of amides is 1. The Hall–Kier alpha value is -6.93. The molecule has 20 heteroatoms. The van der Waals surface area contributed by atoms with Crippen LogP contribution in [-0.2, 0) is 33.7 Å². The summed E-state index contributed by atoms with van der Waals surface area (Å²) in [7, 11) is 1.67. The summed E-state index contributed by atoms with van der Waals surface area (Å²) in [6.45, 7) is 6.04. The Morgan fingerprint density at radius 1 is 0.693 bits per heavy atom. The molecule has 1 aliphatic heterocycles. The predicted octanol–water partition coefficient (Wildman–Crippen LogP) is 9.26. The summed E-state index contributed by atoms with van der Waals surface area (Å²) in [5.41, 5.74) is 6.59. The van der Waals surface area contributed by atoms with Crippen molar-refractivity contribution in [1.82, 2.24) is 49.0 Å². The number of nitrogens with one attached hydrogen (secondary N) is 2.